The quantitative estimate of drug-likeness (QED) is 0.856. The lowest BCUT2D eigenvalue weighted by atomic mass is 9.82. The highest BCUT2D eigenvalue weighted by atomic mass is 16.3. The first-order valence-corrected chi connectivity index (χ1v) is 7.21. The standard InChI is InChI=1S/C17H28O2/c1-6-15(18)16(19)10-9-13-8-7-12(2)14(11-13)17(3,4)5/h7-8,11,15-16,18-19H,6,9-10H2,1-5H3. The molecule has 1 aromatic rings. The summed E-state index contributed by atoms with van der Waals surface area (Å²) < 4.78 is 0. The fourth-order valence-electron chi connectivity index (χ4n) is 2.41. The molecule has 19 heavy (non-hydrogen) atoms. The van der Waals surface area contributed by atoms with Crippen molar-refractivity contribution in [2.45, 2.75) is 71.5 Å². The molecule has 0 aromatic heterocycles. The number of hydrogen-bond acceptors (Lipinski definition) is 2. The molecule has 0 amide bonds. The fraction of sp³-hybridized carbons (Fsp3) is 0.647. The Bertz CT molecular complexity index is 404. The van der Waals surface area contributed by atoms with E-state index in [1.807, 2.05) is 6.92 Å². The van der Waals surface area contributed by atoms with Crippen LogP contribution in [0.2, 0.25) is 0 Å². The fourth-order valence-corrected chi connectivity index (χ4v) is 2.41. The van der Waals surface area contributed by atoms with Gasteiger partial charge in [0, 0.05) is 0 Å². The first kappa shape index (κ1) is 16.2. The topological polar surface area (TPSA) is 40.5 Å². The summed E-state index contributed by atoms with van der Waals surface area (Å²) in [6.07, 6.45) is 0.794. The maximum absolute atomic E-state index is 9.81. The molecule has 2 nitrogen and oxygen atoms in total. The van der Waals surface area contributed by atoms with Gasteiger partial charge in [0.2, 0.25) is 0 Å². The van der Waals surface area contributed by atoms with Crippen molar-refractivity contribution in [1.82, 2.24) is 0 Å². The molecule has 2 N–H and O–H groups in total. The minimum Gasteiger partial charge on any atom is -0.390 e. The molecule has 0 saturated heterocycles. The third-order valence-corrected chi connectivity index (χ3v) is 3.70. The van der Waals surface area contributed by atoms with Crippen LogP contribution >= 0.6 is 0 Å². The molecular formula is C17H28O2. The first-order valence-electron chi connectivity index (χ1n) is 7.21. The van der Waals surface area contributed by atoms with Crippen LogP contribution in [0.4, 0.5) is 0 Å². The summed E-state index contributed by atoms with van der Waals surface area (Å²) in [5.74, 6) is 0. The van der Waals surface area contributed by atoms with E-state index < -0.39 is 12.2 Å². The molecule has 0 bridgehead atoms. The van der Waals surface area contributed by atoms with E-state index in [1.54, 1.807) is 0 Å². The maximum atomic E-state index is 9.81. The Kier molecular flexibility index (Phi) is 5.57. The smallest absolute Gasteiger partial charge is 0.0802 e. The summed E-state index contributed by atoms with van der Waals surface area (Å²) in [6, 6.07) is 6.51. The summed E-state index contributed by atoms with van der Waals surface area (Å²) in [5.41, 5.74) is 4.04. The summed E-state index contributed by atoms with van der Waals surface area (Å²) in [7, 11) is 0. The number of aliphatic hydroxyl groups is 2. The minimum atomic E-state index is -0.621. The molecule has 2 heteroatoms. The molecule has 0 fully saturated rings. The van der Waals surface area contributed by atoms with Gasteiger partial charge in [0.25, 0.3) is 0 Å². The Hall–Kier alpha value is -0.860. The summed E-state index contributed by atoms with van der Waals surface area (Å²) in [6.45, 7) is 10.7. The highest BCUT2D eigenvalue weighted by molar-refractivity contribution is 5.35. The predicted octanol–water partition coefficient (Wildman–Crippen LogP) is 3.36. The molecule has 0 aliphatic rings. The molecular weight excluding hydrogens is 236 g/mol. The van der Waals surface area contributed by atoms with Gasteiger partial charge in [0.05, 0.1) is 12.2 Å². The van der Waals surface area contributed by atoms with E-state index in [9.17, 15) is 10.2 Å². The highest BCUT2D eigenvalue weighted by Crippen LogP contribution is 2.27. The Morgan fingerprint density at radius 3 is 2.26 bits per heavy atom. The monoisotopic (exact) mass is 264 g/mol. The second-order valence-corrected chi connectivity index (χ2v) is 6.48. The van der Waals surface area contributed by atoms with E-state index in [0.29, 0.717) is 12.8 Å². The second-order valence-electron chi connectivity index (χ2n) is 6.48. The lowest BCUT2D eigenvalue weighted by molar-refractivity contribution is 0.0130. The summed E-state index contributed by atoms with van der Waals surface area (Å²) >= 11 is 0. The van der Waals surface area contributed by atoms with Crippen molar-refractivity contribution in [2.75, 3.05) is 0 Å². The van der Waals surface area contributed by atoms with Crippen LogP contribution in [0, 0.1) is 6.92 Å². The van der Waals surface area contributed by atoms with Crippen molar-refractivity contribution in [3.63, 3.8) is 0 Å². The van der Waals surface area contributed by atoms with E-state index in [0.717, 1.165) is 6.42 Å². The third kappa shape index (κ3) is 4.63. The Morgan fingerprint density at radius 1 is 1.11 bits per heavy atom. The lowest BCUT2D eigenvalue weighted by Crippen LogP contribution is -2.25. The van der Waals surface area contributed by atoms with Crippen LogP contribution < -0.4 is 0 Å². The molecule has 2 unspecified atom stereocenters. The van der Waals surface area contributed by atoms with Crippen LogP contribution in [0.25, 0.3) is 0 Å². The van der Waals surface area contributed by atoms with Crippen LogP contribution in [0.1, 0.15) is 57.2 Å². The molecule has 108 valence electrons. The highest BCUT2D eigenvalue weighted by Gasteiger charge is 2.18. The number of aryl methyl sites for hydroxylation is 2. The van der Waals surface area contributed by atoms with Gasteiger partial charge < -0.3 is 10.2 Å². The van der Waals surface area contributed by atoms with Crippen molar-refractivity contribution in [3.05, 3.63) is 34.9 Å². The third-order valence-electron chi connectivity index (χ3n) is 3.70. The predicted molar refractivity (Wildman–Crippen MR) is 80.5 cm³/mol. The molecule has 1 aromatic carbocycles. The van der Waals surface area contributed by atoms with Gasteiger partial charge >= 0.3 is 0 Å². The van der Waals surface area contributed by atoms with E-state index in [1.165, 1.54) is 16.7 Å². The van der Waals surface area contributed by atoms with E-state index in [-0.39, 0.29) is 5.41 Å². The normalized spacial score (nSPS) is 15.3. The van der Waals surface area contributed by atoms with Crippen LogP contribution in [-0.2, 0) is 11.8 Å². The number of aliphatic hydroxyl groups excluding tert-OH is 2. The van der Waals surface area contributed by atoms with Gasteiger partial charge in [-0.3, -0.25) is 0 Å². The number of benzene rings is 1. The minimum absolute atomic E-state index is 0.141. The van der Waals surface area contributed by atoms with Crippen LogP contribution in [-0.4, -0.2) is 22.4 Å². The van der Waals surface area contributed by atoms with E-state index in [2.05, 4.69) is 45.9 Å². The number of hydrogen-bond donors (Lipinski definition) is 2. The van der Waals surface area contributed by atoms with Crippen LogP contribution in [0.3, 0.4) is 0 Å². The van der Waals surface area contributed by atoms with Crippen molar-refractivity contribution >= 4 is 0 Å². The van der Waals surface area contributed by atoms with Crippen molar-refractivity contribution in [3.8, 4) is 0 Å². The molecule has 0 heterocycles. The van der Waals surface area contributed by atoms with Crippen molar-refractivity contribution < 1.29 is 10.2 Å². The average Bonchev–Trinajstić information content (AvgIpc) is 2.35. The molecule has 2 atom stereocenters. The molecule has 0 saturated carbocycles. The summed E-state index contributed by atoms with van der Waals surface area (Å²) in [4.78, 5) is 0. The van der Waals surface area contributed by atoms with Gasteiger partial charge in [-0.05, 0) is 48.3 Å². The molecule has 0 aliphatic carbocycles. The van der Waals surface area contributed by atoms with Gasteiger partial charge in [0.15, 0.2) is 0 Å². The largest absolute Gasteiger partial charge is 0.390 e. The van der Waals surface area contributed by atoms with Gasteiger partial charge in [-0.25, -0.2) is 0 Å². The zero-order chi connectivity index (χ0) is 14.6. The van der Waals surface area contributed by atoms with Gasteiger partial charge in [0.1, 0.15) is 0 Å². The first-order chi connectivity index (χ1) is 8.75. The zero-order valence-corrected chi connectivity index (χ0v) is 12.9. The lowest BCUT2D eigenvalue weighted by Gasteiger charge is -2.23. The van der Waals surface area contributed by atoms with E-state index >= 15 is 0 Å². The van der Waals surface area contributed by atoms with Gasteiger partial charge in [-0.15, -0.1) is 0 Å². The summed E-state index contributed by atoms with van der Waals surface area (Å²) in [5, 5.41) is 19.4. The Morgan fingerprint density at radius 2 is 1.74 bits per heavy atom. The van der Waals surface area contributed by atoms with Crippen LogP contribution in [0.15, 0.2) is 18.2 Å². The van der Waals surface area contributed by atoms with Crippen molar-refractivity contribution in [1.29, 1.82) is 0 Å². The average molecular weight is 264 g/mol. The van der Waals surface area contributed by atoms with E-state index in [4.69, 9.17) is 0 Å². The zero-order valence-electron chi connectivity index (χ0n) is 12.9. The van der Waals surface area contributed by atoms with Crippen molar-refractivity contribution in [2.24, 2.45) is 0 Å². The Balaban J connectivity index is 2.76. The molecule has 1 rings (SSSR count). The van der Waals surface area contributed by atoms with Gasteiger partial charge in [-0.2, -0.15) is 0 Å². The van der Waals surface area contributed by atoms with Crippen LogP contribution in [0.5, 0.6) is 0 Å². The molecule has 0 aliphatic heterocycles. The Labute approximate surface area is 117 Å². The number of rotatable bonds is 5. The van der Waals surface area contributed by atoms with Gasteiger partial charge in [-0.1, -0.05) is 45.9 Å². The SMILES string of the molecule is CCC(O)C(O)CCc1ccc(C)c(C(C)(C)C)c1. The molecule has 0 spiro atoms. The molecule has 0 radical (unpaired) electrons. The maximum Gasteiger partial charge on any atom is 0.0802 e. The second kappa shape index (κ2) is 6.53.